The van der Waals surface area contributed by atoms with Crippen LogP contribution in [0.1, 0.15) is 21.5 Å². The second kappa shape index (κ2) is 6.79. The topological polar surface area (TPSA) is 55.8 Å². The summed E-state index contributed by atoms with van der Waals surface area (Å²) in [5.41, 5.74) is 2.30. The highest BCUT2D eigenvalue weighted by atomic mass is 16.5. The predicted molar refractivity (Wildman–Crippen MR) is 80.3 cm³/mol. The van der Waals surface area contributed by atoms with Crippen molar-refractivity contribution in [3.05, 3.63) is 59.2 Å². The third-order valence-electron chi connectivity index (χ3n) is 3.11. The molecular weight excluding hydrogens is 268 g/mol. The fourth-order valence-corrected chi connectivity index (χ4v) is 2.09. The van der Waals surface area contributed by atoms with Crippen LogP contribution in [-0.4, -0.2) is 24.3 Å². The van der Waals surface area contributed by atoms with Crippen LogP contribution in [0.25, 0.3) is 0 Å². The Bertz CT molecular complexity index is 614. The normalized spacial score (nSPS) is 10.2. The Hall–Kier alpha value is -2.49. The van der Waals surface area contributed by atoms with Gasteiger partial charge >= 0.3 is 5.97 Å². The molecule has 0 heterocycles. The molecule has 0 bridgehead atoms. The molecule has 0 aliphatic rings. The summed E-state index contributed by atoms with van der Waals surface area (Å²) in [6.07, 6.45) is 0. The molecule has 4 heteroatoms. The van der Waals surface area contributed by atoms with E-state index < -0.39 is 5.97 Å². The molecule has 0 unspecified atom stereocenters. The van der Waals surface area contributed by atoms with Crippen molar-refractivity contribution >= 4 is 5.97 Å². The van der Waals surface area contributed by atoms with Gasteiger partial charge in [-0.3, -0.25) is 0 Å². The van der Waals surface area contributed by atoms with E-state index in [1.807, 2.05) is 32.0 Å². The maximum absolute atomic E-state index is 11.1. The van der Waals surface area contributed by atoms with Crippen LogP contribution in [0.2, 0.25) is 0 Å². The monoisotopic (exact) mass is 286 g/mol. The van der Waals surface area contributed by atoms with E-state index in [9.17, 15) is 4.79 Å². The van der Waals surface area contributed by atoms with E-state index in [0.717, 1.165) is 16.9 Å². The number of benzene rings is 2. The minimum Gasteiger partial charge on any atom is -0.489 e. The van der Waals surface area contributed by atoms with Gasteiger partial charge in [-0.1, -0.05) is 30.3 Å². The number of carboxylic acids is 1. The summed E-state index contributed by atoms with van der Waals surface area (Å²) in [6.45, 7) is 4.63. The van der Waals surface area contributed by atoms with Gasteiger partial charge in [0.25, 0.3) is 0 Å². The molecule has 0 atom stereocenters. The molecule has 0 aromatic heterocycles. The summed E-state index contributed by atoms with van der Waals surface area (Å²) in [5, 5.41) is 9.06. The van der Waals surface area contributed by atoms with E-state index in [0.29, 0.717) is 12.4 Å². The fraction of sp³-hybridized carbons (Fsp3) is 0.235. The standard InChI is InChI=1S/C17H18O4/c1-12-6-5-7-13(2)16(12)21-11-10-20-15-9-4-3-8-14(15)17(18)19/h3-9H,10-11H2,1-2H3,(H,18,19). The first-order chi connectivity index (χ1) is 10.1. The molecule has 0 amide bonds. The van der Waals surface area contributed by atoms with E-state index in [-0.39, 0.29) is 12.2 Å². The van der Waals surface area contributed by atoms with Crippen molar-refractivity contribution in [3.8, 4) is 11.5 Å². The van der Waals surface area contributed by atoms with Crippen LogP contribution < -0.4 is 9.47 Å². The summed E-state index contributed by atoms with van der Waals surface area (Å²) >= 11 is 0. The molecule has 1 N–H and O–H groups in total. The van der Waals surface area contributed by atoms with Crippen LogP contribution in [-0.2, 0) is 0 Å². The predicted octanol–water partition coefficient (Wildman–Crippen LogP) is 3.46. The van der Waals surface area contributed by atoms with Crippen LogP contribution in [0.3, 0.4) is 0 Å². The summed E-state index contributed by atoms with van der Waals surface area (Å²) in [5.74, 6) is 0.212. The van der Waals surface area contributed by atoms with Gasteiger partial charge in [-0.2, -0.15) is 0 Å². The van der Waals surface area contributed by atoms with Crippen LogP contribution in [0.5, 0.6) is 11.5 Å². The van der Waals surface area contributed by atoms with Gasteiger partial charge in [0.1, 0.15) is 30.3 Å². The Morgan fingerprint density at radius 3 is 2.24 bits per heavy atom. The van der Waals surface area contributed by atoms with E-state index in [4.69, 9.17) is 14.6 Å². The zero-order chi connectivity index (χ0) is 15.2. The van der Waals surface area contributed by atoms with Gasteiger partial charge in [-0.05, 0) is 37.1 Å². The second-order valence-electron chi connectivity index (χ2n) is 4.72. The summed E-state index contributed by atoms with van der Waals surface area (Å²) in [6, 6.07) is 12.5. The Balaban J connectivity index is 1.92. The van der Waals surface area contributed by atoms with Crippen LogP contribution in [0, 0.1) is 13.8 Å². The molecule has 0 aliphatic heterocycles. The lowest BCUT2D eigenvalue weighted by molar-refractivity contribution is 0.0691. The van der Waals surface area contributed by atoms with Gasteiger partial charge in [0.2, 0.25) is 0 Å². The number of hydrogen-bond donors (Lipinski definition) is 1. The molecule has 21 heavy (non-hydrogen) atoms. The van der Waals surface area contributed by atoms with Crippen LogP contribution in [0.15, 0.2) is 42.5 Å². The summed E-state index contributed by atoms with van der Waals surface area (Å²) < 4.78 is 11.2. The lowest BCUT2D eigenvalue weighted by Crippen LogP contribution is -2.12. The molecule has 0 aliphatic carbocycles. The van der Waals surface area contributed by atoms with Crippen molar-refractivity contribution in [2.45, 2.75) is 13.8 Å². The number of hydrogen-bond acceptors (Lipinski definition) is 3. The lowest BCUT2D eigenvalue weighted by atomic mass is 10.1. The molecule has 0 saturated heterocycles. The molecule has 4 nitrogen and oxygen atoms in total. The number of ether oxygens (including phenoxy) is 2. The van der Waals surface area contributed by atoms with Crippen LogP contribution >= 0.6 is 0 Å². The number of aryl methyl sites for hydroxylation is 2. The zero-order valence-corrected chi connectivity index (χ0v) is 12.1. The minimum atomic E-state index is -0.999. The van der Waals surface area contributed by atoms with E-state index in [1.54, 1.807) is 18.2 Å². The maximum atomic E-state index is 11.1. The van der Waals surface area contributed by atoms with Crippen LogP contribution in [0.4, 0.5) is 0 Å². The molecule has 0 saturated carbocycles. The quantitative estimate of drug-likeness (QED) is 0.826. The highest BCUT2D eigenvalue weighted by Crippen LogP contribution is 2.22. The van der Waals surface area contributed by atoms with Gasteiger partial charge in [0.05, 0.1) is 0 Å². The first-order valence-electron chi connectivity index (χ1n) is 6.73. The Morgan fingerprint density at radius 2 is 1.57 bits per heavy atom. The highest BCUT2D eigenvalue weighted by molar-refractivity contribution is 5.90. The first kappa shape index (κ1) is 14.9. The maximum Gasteiger partial charge on any atom is 0.339 e. The molecule has 2 aromatic rings. The minimum absolute atomic E-state index is 0.157. The summed E-state index contributed by atoms with van der Waals surface area (Å²) in [4.78, 5) is 11.1. The van der Waals surface area contributed by atoms with Crippen molar-refractivity contribution in [2.24, 2.45) is 0 Å². The van der Waals surface area contributed by atoms with Gasteiger partial charge < -0.3 is 14.6 Å². The molecule has 0 radical (unpaired) electrons. The molecule has 2 aromatic carbocycles. The van der Waals surface area contributed by atoms with Crippen molar-refractivity contribution in [3.63, 3.8) is 0 Å². The van der Waals surface area contributed by atoms with Gasteiger partial charge in [-0.25, -0.2) is 4.79 Å². The Labute approximate surface area is 123 Å². The molecule has 2 rings (SSSR count). The Kier molecular flexibility index (Phi) is 4.82. The first-order valence-corrected chi connectivity index (χ1v) is 6.73. The smallest absolute Gasteiger partial charge is 0.339 e. The van der Waals surface area contributed by atoms with Crippen molar-refractivity contribution in [1.29, 1.82) is 0 Å². The third kappa shape index (κ3) is 3.75. The fourth-order valence-electron chi connectivity index (χ4n) is 2.09. The van der Waals surface area contributed by atoms with Gasteiger partial charge in [-0.15, -0.1) is 0 Å². The van der Waals surface area contributed by atoms with Gasteiger partial charge in [0, 0.05) is 0 Å². The average Bonchev–Trinajstić information content (AvgIpc) is 2.46. The number of carboxylic acid groups (broad SMARTS) is 1. The van der Waals surface area contributed by atoms with Crippen molar-refractivity contribution < 1.29 is 19.4 Å². The molecular formula is C17H18O4. The van der Waals surface area contributed by atoms with Gasteiger partial charge in [0.15, 0.2) is 0 Å². The summed E-state index contributed by atoms with van der Waals surface area (Å²) in [7, 11) is 0. The number of carbonyl (C=O) groups is 1. The largest absolute Gasteiger partial charge is 0.489 e. The molecule has 0 fully saturated rings. The zero-order valence-electron chi connectivity index (χ0n) is 12.1. The van der Waals surface area contributed by atoms with Crippen molar-refractivity contribution in [2.75, 3.05) is 13.2 Å². The molecule has 0 spiro atoms. The average molecular weight is 286 g/mol. The number of rotatable bonds is 6. The number of aromatic carboxylic acids is 1. The number of para-hydroxylation sites is 2. The van der Waals surface area contributed by atoms with E-state index in [2.05, 4.69) is 0 Å². The molecule has 110 valence electrons. The highest BCUT2D eigenvalue weighted by Gasteiger charge is 2.10. The SMILES string of the molecule is Cc1cccc(C)c1OCCOc1ccccc1C(=O)O. The third-order valence-corrected chi connectivity index (χ3v) is 3.11. The Morgan fingerprint density at radius 1 is 0.952 bits per heavy atom. The van der Waals surface area contributed by atoms with E-state index >= 15 is 0 Å². The second-order valence-corrected chi connectivity index (χ2v) is 4.72. The lowest BCUT2D eigenvalue weighted by Gasteiger charge is -2.13. The van der Waals surface area contributed by atoms with Crippen molar-refractivity contribution in [1.82, 2.24) is 0 Å². The van der Waals surface area contributed by atoms with E-state index in [1.165, 1.54) is 6.07 Å².